The molecule has 0 aromatic heterocycles. The van der Waals surface area contributed by atoms with Gasteiger partial charge in [0.15, 0.2) is 0 Å². The van der Waals surface area contributed by atoms with E-state index in [4.69, 9.17) is 15.6 Å². The third-order valence-electron chi connectivity index (χ3n) is 2.58. The minimum absolute atomic E-state index is 0.108. The molecule has 90 valence electrons. The summed E-state index contributed by atoms with van der Waals surface area (Å²) in [5.74, 6) is 0. The summed E-state index contributed by atoms with van der Waals surface area (Å²) >= 11 is 0. The zero-order valence-corrected chi connectivity index (χ0v) is 9.94. The first-order chi connectivity index (χ1) is 7.70. The fourth-order valence-corrected chi connectivity index (χ4v) is 1.62. The van der Waals surface area contributed by atoms with Crippen LogP contribution in [0, 0.1) is 6.92 Å². The summed E-state index contributed by atoms with van der Waals surface area (Å²) in [6, 6.07) is 5.91. The van der Waals surface area contributed by atoms with E-state index in [0.717, 1.165) is 23.5 Å². The lowest BCUT2D eigenvalue weighted by atomic mass is 10.1. The van der Waals surface area contributed by atoms with Gasteiger partial charge in [0.1, 0.15) is 0 Å². The SMILES string of the molecule is COCCN(CCO)c1cccc(C)c1N. The predicted molar refractivity (Wildman–Crippen MR) is 66.8 cm³/mol. The summed E-state index contributed by atoms with van der Waals surface area (Å²) in [7, 11) is 1.66. The Morgan fingerprint density at radius 3 is 2.75 bits per heavy atom. The standard InChI is InChI=1S/C12H20N2O2/c1-10-4-3-5-11(12(10)13)14(6-8-15)7-9-16-2/h3-5,15H,6-9,13H2,1-2H3. The van der Waals surface area contributed by atoms with Gasteiger partial charge in [-0.15, -0.1) is 0 Å². The van der Waals surface area contributed by atoms with Crippen molar-refractivity contribution in [3.8, 4) is 0 Å². The van der Waals surface area contributed by atoms with Crippen molar-refractivity contribution >= 4 is 11.4 Å². The number of rotatable bonds is 6. The number of nitrogens with zero attached hydrogens (tertiary/aromatic N) is 1. The highest BCUT2D eigenvalue weighted by molar-refractivity contribution is 5.70. The summed E-state index contributed by atoms with van der Waals surface area (Å²) in [5, 5.41) is 9.03. The highest BCUT2D eigenvalue weighted by Gasteiger charge is 2.09. The first-order valence-corrected chi connectivity index (χ1v) is 5.40. The fraction of sp³-hybridized carbons (Fsp3) is 0.500. The normalized spacial score (nSPS) is 10.4. The number of para-hydroxylation sites is 1. The molecule has 0 saturated heterocycles. The molecule has 1 aromatic rings. The van der Waals surface area contributed by atoms with Crippen LogP contribution in [0.3, 0.4) is 0 Å². The average molecular weight is 224 g/mol. The van der Waals surface area contributed by atoms with Crippen molar-refractivity contribution < 1.29 is 9.84 Å². The molecule has 0 unspecified atom stereocenters. The number of nitrogens with two attached hydrogens (primary N) is 1. The van der Waals surface area contributed by atoms with Crippen LogP contribution in [0.2, 0.25) is 0 Å². The lowest BCUT2D eigenvalue weighted by Gasteiger charge is -2.25. The van der Waals surface area contributed by atoms with Crippen LogP contribution in [-0.4, -0.2) is 38.5 Å². The molecule has 0 radical (unpaired) electrons. The second-order valence-electron chi connectivity index (χ2n) is 3.71. The van der Waals surface area contributed by atoms with Crippen LogP contribution < -0.4 is 10.6 Å². The van der Waals surface area contributed by atoms with Gasteiger partial charge in [-0.2, -0.15) is 0 Å². The maximum absolute atomic E-state index is 9.03. The van der Waals surface area contributed by atoms with E-state index < -0.39 is 0 Å². The molecule has 0 aliphatic rings. The van der Waals surface area contributed by atoms with Crippen molar-refractivity contribution in [1.82, 2.24) is 0 Å². The third kappa shape index (κ3) is 3.12. The predicted octanol–water partition coefficient (Wildman–Crippen LogP) is 1.02. The van der Waals surface area contributed by atoms with E-state index in [1.807, 2.05) is 30.0 Å². The van der Waals surface area contributed by atoms with E-state index in [2.05, 4.69) is 0 Å². The molecule has 0 saturated carbocycles. The van der Waals surface area contributed by atoms with Crippen LogP contribution in [0.5, 0.6) is 0 Å². The minimum Gasteiger partial charge on any atom is -0.397 e. The van der Waals surface area contributed by atoms with Gasteiger partial charge in [-0.25, -0.2) is 0 Å². The number of benzene rings is 1. The van der Waals surface area contributed by atoms with E-state index in [0.29, 0.717) is 13.2 Å². The van der Waals surface area contributed by atoms with E-state index in [-0.39, 0.29) is 6.61 Å². The van der Waals surface area contributed by atoms with Crippen LogP contribution >= 0.6 is 0 Å². The first-order valence-electron chi connectivity index (χ1n) is 5.40. The maximum atomic E-state index is 9.03. The van der Waals surface area contributed by atoms with Crippen LogP contribution in [0.4, 0.5) is 11.4 Å². The molecule has 4 nitrogen and oxygen atoms in total. The number of hydrogen-bond acceptors (Lipinski definition) is 4. The molecule has 0 bridgehead atoms. The van der Waals surface area contributed by atoms with Crippen LogP contribution in [0.25, 0.3) is 0 Å². The number of aryl methyl sites for hydroxylation is 1. The Morgan fingerprint density at radius 2 is 2.12 bits per heavy atom. The molecule has 0 fully saturated rings. The van der Waals surface area contributed by atoms with Gasteiger partial charge in [0.2, 0.25) is 0 Å². The van der Waals surface area contributed by atoms with Gasteiger partial charge in [-0.1, -0.05) is 12.1 Å². The summed E-state index contributed by atoms with van der Waals surface area (Å²) in [6.45, 7) is 4.00. The second-order valence-corrected chi connectivity index (χ2v) is 3.71. The molecule has 0 amide bonds. The monoisotopic (exact) mass is 224 g/mol. The molecule has 3 N–H and O–H groups in total. The number of hydrogen-bond donors (Lipinski definition) is 2. The molecular weight excluding hydrogens is 204 g/mol. The van der Waals surface area contributed by atoms with Crippen molar-refractivity contribution in [2.24, 2.45) is 0 Å². The Hall–Kier alpha value is -1.26. The van der Waals surface area contributed by atoms with Crippen molar-refractivity contribution in [3.63, 3.8) is 0 Å². The molecule has 1 rings (SSSR count). The molecule has 0 atom stereocenters. The number of methoxy groups -OCH3 is 1. The number of aliphatic hydroxyl groups is 1. The van der Waals surface area contributed by atoms with Crippen LogP contribution in [0.15, 0.2) is 18.2 Å². The Morgan fingerprint density at radius 1 is 1.38 bits per heavy atom. The Bertz CT molecular complexity index is 329. The van der Waals surface area contributed by atoms with Crippen LogP contribution in [-0.2, 0) is 4.74 Å². The molecule has 0 spiro atoms. The van der Waals surface area contributed by atoms with Crippen molar-refractivity contribution in [1.29, 1.82) is 0 Å². The first kappa shape index (κ1) is 12.8. The number of ether oxygens (including phenoxy) is 1. The highest BCUT2D eigenvalue weighted by atomic mass is 16.5. The van der Waals surface area contributed by atoms with Gasteiger partial charge in [0.05, 0.1) is 24.6 Å². The van der Waals surface area contributed by atoms with Crippen molar-refractivity contribution in [3.05, 3.63) is 23.8 Å². The number of aliphatic hydroxyl groups excluding tert-OH is 1. The molecule has 4 heteroatoms. The number of nitrogen functional groups attached to an aromatic ring is 1. The van der Waals surface area contributed by atoms with E-state index >= 15 is 0 Å². The smallest absolute Gasteiger partial charge is 0.0637 e. The van der Waals surface area contributed by atoms with Gasteiger partial charge in [0.25, 0.3) is 0 Å². The lowest BCUT2D eigenvalue weighted by molar-refractivity contribution is 0.203. The topological polar surface area (TPSA) is 58.7 Å². The number of anilines is 2. The second kappa shape index (κ2) is 6.35. The van der Waals surface area contributed by atoms with E-state index in [1.54, 1.807) is 7.11 Å². The van der Waals surface area contributed by atoms with Crippen molar-refractivity contribution in [2.45, 2.75) is 6.92 Å². The summed E-state index contributed by atoms with van der Waals surface area (Å²) in [4.78, 5) is 2.03. The highest BCUT2D eigenvalue weighted by Crippen LogP contribution is 2.25. The van der Waals surface area contributed by atoms with Gasteiger partial charge >= 0.3 is 0 Å². The quantitative estimate of drug-likeness (QED) is 0.708. The Labute approximate surface area is 96.6 Å². The van der Waals surface area contributed by atoms with Crippen molar-refractivity contribution in [2.75, 3.05) is 44.0 Å². The molecule has 16 heavy (non-hydrogen) atoms. The molecule has 0 aliphatic heterocycles. The molecule has 0 heterocycles. The van der Waals surface area contributed by atoms with Gasteiger partial charge in [0, 0.05) is 20.2 Å². The third-order valence-corrected chi connectivity index (χ3v) is 2.58. The fourth-order valence-electron chi connectivity index (χ4n) is 1.62. The zero-order chi connectivity index (χ0) is 12.0. The largest absolute Gasteiger partial charge is 0.397 e. The van der Waals surface area contributed by atoms with Gasteiger partial charge < -0.3 is 20.5 Å². The minimum atomic E-state index is 0.108. The molecule has 0 aliphatic carbocycles. The molecule has 1 aromatic carbocycles. The summed E-state index contributed by atoms with van der Waals surface area (Å²) in [5.41, 5.74) is 8.81. The van der Waals surface area contributed by atoms with Gasteiger partial charge in [-0.3, -0.25) is 0 Å². The summed E-state index contributed by atoms with van der Waals surface area (Å²) < 4.78 is 5.05. The van der Waals surface area contributed by atoms with Crippen LogP contribution in [0.1, 0.15) is 5.56 Å². The molecular formula is C12H20N2O2. The lowest BCUT2D eigenvalue weighted by Crippen LogP contribution is -2.30. The Balaban J connectivity index is 2.86. The van der Waals surface area contributed by atoms with Gasteiger partial charge in [-0.05, 0) is 18.6 Å². The van der Waals surface area contributed by atoms with E-state index in [1.165, 1.54) is 0 Å². The zero-order valence-electron chi connectivity index (χ0n) is 9.94. The summed E-state index contributed by atoms with van der Waals surface area (Å²) in [6.07, 6.45) is 0. The average Bonchev–Trinajstić information content (AvgIpc) is 2.28. The maximum Gasteiger partial charge on any atom is 0.0637 e. The Kier molecular flexibility index (Phi) is 5.08. The van der Waals surface area contributed by atoms with E-state index in [9.17, 15) is 0 Å².